The van der Waals surface area contributed by atoms with Gasteiger partial charge in [-0.15, -0.1) is 10.2 Å². The van der Waals surface area contributed by atoms with E-state index < -0.39 is 41.8 Å². The molecule has 3 atom stereocenters. The lowest BCUT2D eigenvalue weighted by Gasteiger charge is -2.36. The van der Waals surface area contributed by atoms with Crippen LogP contribution in [0.4, 0.5) is 18.0 Å². The van der Waals surface area contributed by atoms with E-state index in [0.29, 0.717) is 24.3 Å². The smallest absolute Gasteiger partial charge is 0.444 e. The number of hydrogen-bond donors (Lipinski definition) is 1. The first kappa shape index (κ1) is 25.3. The van der Waals surface area contributed by atoms with Crippen LogP contribution in [0.3, 0.4) is 0 Å². The lowest BCUT2D eigenvalue weighted by molar-refractivity contribution is -0.148. The molecule has 3 heterocycles. The van der Waals surface area contributed by atoms with Gasteiger partial charge in [-0.1, -0.05) is 23.7 Å². The van der Waals surface area contributed by atoms with Crippen molar-refractivity contribution in [2.75, 3.05) is 0 Å². The maximum Gasteiger partial charge on any atom is 0.451 e. The summed E-state index contributed by atoms with van der Waals surface area (Å²) >= 11 is 6.09. The summed E-state index contributed by atoms with van der Waals surface area (Å²) < 4.78 is 46.4. The molecule has 2 aromatic rings. The molecule has 0 spiro atoms. The summed E-state index contributed by atoms with van der Waals surface area (Å²) in [6.07, 6.45) is -3.94. The van der Waals surface area contributed by atoms with Crippen molar-refractivity contribution < 1.29 is 27.5 Å². The van der Waals surface area contributed by atoms with Crippen molar-refractivity contribution in [3.05, 3.63) is 46.5 Å². The average Bonchev–Trinajstić information content (AvgIpc) is 3.27. The topological polar surface area (TPSA) is 89.3 Å². The Morgan fingerprint density at radius 3 is 2.63 bits per heavy atom. The van der Waals surface area contributed by atoms with E-state index in [1.54, 1.807) is 43.9 Å². The van der Waals surface area contributed by atoms with E-state index in [1.807, 2.05) is 6.07 Å². The summed E-state index contributed by atoms with van der Waals surface area (Å²) in [5.41, 5.74) is 0.101. The molecule has 0 saturated carbocycles. The summed E-state index contributed by atoms with van der Waals surface area (Å²) in [5.74, 6) is -1.17. The Hall–Kier alpha value is -2.82. The molecule has 1 aromatic carbocycles. The minimum absolute atomic E-state index is 0.0160. The molecular formula is C23H27ClF3N5O3. The number of aromatic nitrogens is 3. The molecule has 2 aliphatic rings. The molecular weight excluding hydrogens is 487 g/mol. The molecule has 2 aliphatic heterocycles. The Labute approximate surface area is 205 Å². The fourth-order valence-electron chi connectivity index (χ4n) is 4.77. The molecule has 35 heavy (non-hydrogen) atoms. The minimum atomic E-state index is -4.61. The molecule has 0 aliphatic carbocycles. The number of rotatable bonds is 5. The molecule has 2 bridgehead atoms. The molecule has 1 fully saturated rings. The first-order valence-corrected chi connectivity index (χ1v) is 11.7. The highest BCUT2D eigenvalue weighted by Gasteiger charge is 2.48. The maximum absolute atomic E-state index is 13.4. The lowest BCUT2D eigenvalue weighted by Crippen LogP contribution is -2.48. The van der Waals surface area contributed by atoms with Crippen molar-refractivity contribution in [1.82, 2.24) is 25.0 Å². The number of nitrogens with zero attached hydrogens (tertiary/aromatic N) is 4. The van der Waals surface area contributed by atoms with E-state index >= 15 is 0 Å². The number of carbonyl (C=O) groups is 2. The number of fused-ring (bicyclic) bond motifs is 4. The average molecular weight is 514 g/mol. The van der Waals surface area contributed by atoms with Gasteiger partial charge in [-0.05, 0) is 57.7 Å². The van der Waals surface area contributed by atoms with Gasteiger partial charge in [-0.2, -0.15) is 13.2 Å². The van der Waals surface area contributed by atoms with Gasteiger partial charge in [0, 0.05) is 24.0 Å². The largest absolute Gasteiger partial charge is 0.451 e. The van der Waals surface area contributed by atoms with Gasteiger partial charge in [0.05, 0.1) is 12.1 Å². The Kier molecular flexibility index (Phi) is 6.74. The van der Waals surface area contributed by atoms with Crippen molar-refractivity contribution in [2.45, 2.75) is 82.9 Å². The summed E-state index contributed by atoms with van der Waals surface area (Å²) in [7, 11) is 0. The Morgan fingerprint density at radius 2 is 1.97 bits per heavy atom. The monoisotopic (exact) mass is 513 g/mol. The highest BCUT2D eigenvalue weighted by molar-refractivity contribution is 6.30. The van der Waals surface area contributed by atoms with Gasteiger partial charge in [0.25, 0.3) is 0 Å². The van der Waals surface area contributed by atoms with E-state index in [2.05, 4.69) is 15.5 Å². The van der Waals surface area contributed by atoms with Crippen molar-refractivity contribution in [3.63, 3.8) is 0 Å². The molecule has 0 radical (unpaired) electrons. The number of amides is 2. The van der Waals surface area contributed by atoms with E-state index in [1.165, 1.54) is 0 Å². The van der Waals surface area contributed by atoms with E-state index in [9.17, 15) is 22.8 Å². The van der Waals surface area contributed by atoms with Gasteiger partial charge in [0.1, 0.15) is 5.60 Å². The third-order valence-corrected chi connectivity index (χ3v) is 6.26. The van der Waals surface area contributed by atoms with Crippen molar-refractivity contribution in [2.24, 2.45) is 0 Å². The highest BCUT2D eigenvalue weighted by atomic mass is 35.5. The molecule has 4 rings (SSSR count). The van der Waals surface area contributed by atoms with Gasteiger partial charge < -0.3 is 19.5 Å². The van der Waals surface area contributed by atoms with Crippen LogP contribution in [0.2, 0.25) is 5.02 Å². The van der Waals surface area contributed by atoms with Crippen LogP contribution < -0.4 is 5.32 Å². The molecule has 1 N–H and O–H groups in total. The summed E-state index contributed by atoms with van der Waals surface area (Å²) in [6.45, 7) is 5.19. The number of nitrogens with one attached hydrogen (secondary N) is 1. The number of ether oxygens (including phenoxy) is 1. The molecule has 1 saturated heterocycles. The normalized spacial score (nSPS) is 20.4. The van der Waals surface area contributed by atoms with E-state index in [4.69, 9.17) is 16.3 Å². The fourth-order valence-corrected chi connectivity index (χ4v) is 4.98. The third-order valence-electron chi connectivity index (χ3n) is 6.03. The number of benzene rings is 1. The zero-order valence-corrected chi connectivity index (χ0v) is 20.4. The van der Waals surface area contributed by atoms with Crippen molar-refractivity contribution >= 4 is 23.6 Å². The number of hydrogen-bond acceptors (Lipinski definition) is 5. The van der Waals surface area contributed by atoms with Gasteiger partial charge >= 0.3 is 12.3 Å². The molecule has 8 nitrogen and oxygen atoms in total. The van der Waals surface area contributed by atoms with Gasteiger partial charge in [0.15, 0.2) is 5.82 Å². The summed E-state index contributed by atoms with van der Waals surface area (Å²) in [5, 5.41) is 10.4. The first-order valence-electron chi connectivity index (χ1n) is 11.4. The number of halogens is 4. The second-order valence-corrected chi connectivity index (χ2v) is 10.4. The van der Waals surface area contributed by atoms with Crippen molar-refractivity contribution in [3.8, 4) is 0 Å². The van der Waals surface area contributed by atoms with Crippen LogP contribution in [0.1, 0.15) is 63.3 Å². The maximum atomic E-state index is 13.4. The molecule has 1 aromatic heterocycles. The second kappa shape index (κ2) is 9.33. The van der Waals surface area contributed by atoms with E-state index in [0.717, 1.165) is 10.1 Å². The van der Waals surface area contributed by atoms with E-state index in [-0.39, 0.29) is 24.7 Å². The van der Waals surface area contributed by atoms with Crippen LogP contribution in [0.25, 0.3) is 0 Å². The first-order chi connectivity index (χ1) is 16.3. The van der Waals surface area contributed by atoms with Gasteiger partial charge in [-0.3, -0.25) is 4.79 Å². The van der Waals surface area contributed by atoms with Crippen LogP contribution in [-0.4, -0.2) is 49.3 Å². The van der Waals surface area contributed by atoms with Crippen LogP contribution in [-0.2, 0) is 28.7 Å². The lowest BCUT2D eigenvalue weighted by atomic mass is 10.0. The predicted octanol–water partition coefficient (Wildman–Crippen LogP) is 4.52. The Morgan fingerprint density at radius 1 is 1.23 bits per heavy atom. The van der Waals surface area contributed by atoms with Gasteiger partial charge in [0.2, 0.25) is 11.7 Å². The van der Waals surface area contributed by atoms with Gasteiger partial charge in [-0.25, -0.2) is 4.79 Å². The Balaban J connectivity index is 1.53. The number of alkyl halides is 3. The highest BCUT2D eigenvalue weighted by Crippen LogP contribution is 2.43. The zero-order valence-electron chi connectivity index (χ0n) is 19.6. The van der Waals surface area contributed by atoms with Crippen LogP contribution >= 0.6 is 11.6 Å². The molecule has 190 valence electrons. The second-order valence-electron chi connectivity index (χ2n) is 9.92. The third kappa shape index (κ3) is 5.71. The predicted molar refractivity (Wildman–Crippen MR) is 121 cm³/mol. The molecule has 12 heteroatoms. The SMILES string of the molecule is CC(C)(C)OC(=O)NC(CC(=O)N1C2CCC1c1nnc(C(F)(F)F)n1C2)Cc1cccc(Cl)c1. The number of alkyl carbamates (subject to hydrolysis) is 1. The zero-order chi connectivity index (χ0) is 25.5. The molecule has 2 amide bonds. The van der Waals surface area contributed by atoms with Crippen LogP contribution in [0.5, 0.6) is 0 Å². The Bertz CT molecular complexity index is 1110. The van der Waals surface area contributed by atoms with Crippen LogP contribution in [0, 0.1) is 0 Å². The van der Waals surface area contributed by atoms with Crippen molar-refractivity contribution in [1.29, 1.82) is 0 Å². The molecule has 3 unspecified atom stereocenters. The van der Waals surface area contributed by atoms with Crippen LogP contribution in [0.15, 0.2) is 24.3 Å². The summed E-state index contributed by atoms with van der Waals surface area (Å²) in [4.78, 5) is 27.5. The minimum Gasteiger partial charge on any atom is -0.444 e. The standard InChI is InChI=1S/C23H27ClF3N5O3/c1-22(2,3)35-21(34)28-15(10-13-5-4-6-14(24)9-13)11-18(33)32-16-7-8-17(32)19-29-30-20(23(25,26)27)31(19)12-16/h4-6,9,15-17H,7-8,10-12H2,1-3H3,(H,28,34). The number of carbonyl (C=O) groups excluding carboxylic acids is 2. The quantitative estimate of drug-likeness (QED) is 0.635. The summed E-state index contributed by atoms with van der Waals surface area (Å²) in [6, 6.07) is 5.50. The fraction of sp³-hybridized carbons (Fsp3) is 0.565.